The summed E-state index contributed by atoms with van der Waals surface area (Å²) in [5, 5.41) is 3.33. The lowest BCUT2D eigenvalue weighted by atomic mass is 10.0. The molecule has 1 nitrogen and oxygen atoms in total. The first-order valence-corrected chi connectivity index (χ1v) is 4.08. The van der Waals surface area contributed by atoms with E-state index >= 15 is 0 Å². The van der Waals surface area contributed by atoms with E-state index in [0.717, 1.165) is 6.54 Å². The Balaban J connectivity index is 2.48. The zero-order valence-corrected chi connectivity index (χ0v) is 7.02. The van der Waals surface area contributed by atoms with Crippen molar-refractivity contribution in [3.8, 4) is 0 Å². The fourth-order valence-electron chi connectivity index (χ4n) is 1.64. The van der Waals surface area contributed by atoms with Gasteiger partial charge in [0.1, 0.15) is 0 Å². The molecule has 0 bridgehead atoms. The average Bonchev–Trinajstić information content (AvgIpc) is 2.70. The second-order valence-corrected chi connectivity index (χ2v) is 3.27. The standard InChI is InChI=1S/C10H13N/c1-7-4-3-5-8(2)10(7)9-6-11-9/h3-5,9,11H,6H2,1-2H3. The summed E-state index contributed by atoms with van der Waals surface area (Å²) in [6.07, 6.45) is 0. The number of hydrogen-bond donors (Lipinski definition) is 1. The van der Waals surface area contributed by atoms with Crippen LogP contribution >= 0.6 is 0 Å². The highest BCUT2D eigenvalue weighted by Crippen LogP contribution is 2.27. The van der Waals surface area contributed by atoms with Gasteiger partial charge in [-0.25, -0.2) is 0 Å². The van der Waals surface area contributed by atoms with Crippen LogP contribution in [0.3, 0.4) is 0 Å². The summed E-state index contributed by atoms with van der Waals surface area (Å²) in [6, 6.07) is 7.14. The molecule has 0 aromatic heterocycles. The molecule has 11 heavy (non-hydrogen) atoms. The van der Waals surface area contributed by atoms with Gasteiger partial charge in [0.05, 0.1) is 0 Å². The molecular weight excluding hydrogens is 134 g/mol. The molecular formula is C10H13N. The Morgan fingerprint density at radius 2 is 1.82 bits per heavy atom. The van der Waals surface area contributed by atoms with E-state index in [4.69, 9.17) is 0 Å². The number of rotatable bonds is 1. The molecule has 1 heterocycles. The van der Waals surface area contributed by atoms with Crippen molar-refractivity contribution in [3.05, 3.63) is 34.9 Å². The van der Waals surface area contributed by atoms with Crippen molar-refractivity contribution < 1.29 is 0 Å². The van der Waals surface area contributed by atoms with E-state index in [-0.39, 0.29) is 0 Å². The lowest BCUT2D eigenvalue weighted by molar-refractivity contribution is 1.03. The van der Waals surface area contributed by atoms with Gasteiger partial charge in [-0.3, -0.25) is 0 Å². The third kappa shape index (κ3) is 1.16. The SMILES string of the molecule is Cc1cccc(C)c1C1CN1. The maximum Gasteiger partial charge on any atom is 0.0452 e. The van der Waals surface area contributed by atoms with Gasteiger partial charge in [-0.15, -0.1) is 0 Å². The van der Waals surface area contributed by atoms with Crippen molar-refractivity contribution >= 4 is 0 Å². The summed E-state index contributed by atoms with van der Waals surface area (Å²) in [5.74, 6) is 0. The molecule has 58 valence electrons. The van der Waals surface area contributed by atoms with Crippen molar-refractivity contribution in [2.75, 3.05) is 6.54 Å². The second kappa shape index (κ2) is 2.35. The molecule has 1 heteroatoms. The predicted molar refractivity (Wildman–Crippen MR) is 46.7 cm³/mol. The van der Waals surface area contributed by atoms with Crippen LogP contribution in [0.25, 0.3) is 0 Å². The van der Waals surface area contributed by atoms with E-state index in [1.165, 1.54) is 16.7 Å². The third-order valence-corrected chi connectivity index (χ3v) is 2.30. The molecule has 1 aromatic rings. The first kappa shape index (κ1) is 6.86. The Hall–Kier alpha value is -0.820. The van der Waals surface area contributed by atoms with Crippen LogP contribution in [0.15, 0.2) is 18.2 Å². The van der Waals surface area contributed by atoms with Gasteiger partial charge < -0.3 is 5.32 Å². The van der Waals surface area contributed by atoms with Crippen LogP contribution in [-0.4, -0.2) is 6.54 Å². The van der Waals surface area contributed by atoms with Crippen LogP contribution in [0.5, 0.6) is 0 Å². The van der Waals surface area contributed by atoms with Gasteiger partial charge in [-0.2, -0.15) is 0 Å². The molecule has 2 rings (SSSR count). The highest BCUT2D eigenvalue weighted by atomic mass is 15.1. The Kier molecular flexibility index (Phi) is 1.46. The Bertz CT molecular complexity index is 254. The minimum Gasteiger partial charge on any atom is -0.307 e. The molecule has 0 radical (unpaired) electrons. The fourth-order valence-corrected chi connectivity index (χ4v) is 1.64. The quantitative estimate of drug-likeness (QED) is 0.602. The van der Waals surface area contributed by atoms with Crippen LogP contribution in [0, 0.1) is 13.8 Å². The van der Waals surface area contributed by atoms with Gasteiger partial charge in [0.25, 0.3) is 0 Å². The van der Waals surface area contributed by atoms with Crippen molar-refractivity contribution in [3.63, 3.8) is 0 Å². The zero-order valence-electron chi connectivity index (χ0n) is 7.02. The van der Waals surface area contributed by atoms with Gasteiger partial charge in [-0.05, 0) is 30.5 Å². The van der Waals surface area contributed by atoms with E-state index in [1.54, 1.807) is 0 Å². The van der Waals surface area contributed by atoms with Crippen LogP contribution in [-0.2, 0) is 0 Å². The van der Waals surface area contributed by atoms with Gasteiger partial charge in [0.15, 0.2) is 0 Å². The summed E-state index contributed by atoms with van der Waals surface area (Å²) in [6.45, 7) is 5.52. The highest BCUT2D eigenvalue weighted by molar-refractivity contribution is 5.38. The van der Waals surface area contributed by atoms with Crippen LogP contribution < -0.4 is 5.32 Å². The Morgan fingerprint density at radius 1 is 1.27 bits per heavy atom. The first-order chi connectivity index (χ1) is 5.29. The molecule has 1 saturated heterocycles. The molecule has 0 saturated carbocycles. The van der Waals surface area contributed by atoms with Crippen molar-refractivity contribution in [1.82, 2.24) is 5.32 Å². The zero-order chi connectivity index (χ0) is 7.84. The van der Waals surface area contributed by atoms with Crippen molar-refractivity contribution in [2.45, 2.75) is 19.9 Å². The maximum absolute atomic E-state index is 3.33. The maximum atomic E-state index is 3.33. The van der Waals surface area contributed by atoms with Gasteiger partial charge in [0, 0.05) is 12.6 Å². The second-order valence-electron chi connectivity index (χ2n) is 3.27. The lowest BCUT2D eigenvalue weighted by Crippen LogP contribution is -1.92. The average molecular weight is 147 g/mol. The predicted octanol–water partition coefficient (Wildman–Crippen LogP) is 1.95. The van der Waals surface area contributed by atoms with E-state index < -0.39 is 0 Å². The smallest absolute Gasteiger partial charge is 0.0452 e. The number of aryl methyl sites for hydroxylation is 2. The number of nitrogens with one attached hydrogen (secondary N) is 1. The van der Waals surface area contributed by atoms with Gasteiger partial charge in [-0.1, -0.05) is 18.2 Å². The van der Waals surface area contributed by atoms with E-state index in [9.17, 15) is 0 Å². The minimum atomic E-state index is 0.649. The lowest BCUT2D eigenvalue weighted by Gasteiger charge is -2.05. The number of hydrogen-bond acceptors (Lipinski definition) is 1. The molecule has 1 N–H and O–H groups in total. The monoisotopic (exact) mass is 147 g/mol. The summed E-state index contributed by atoms with van der Waals surface area (Å²) < 4.78 is 0. The summed E-state index contributed by atoms with van der Waals surface area (Å²) >= 11 is 0. The Labute approximate surface area is 67.4 Å². The van der Waals surface area contributed by atoms with Crippen LogP contribution in [0.2, 0.25) is 0 Å². The topological polar surface area (TPSA) is 21.9 Å². The molecule has 1 atom stereocenters. The summed E-state index contributed by atoms with van der Waals surface area (Å²) in [4.78, 5) is 0. The van der Waals surface area contributed by atoms with Crippen molar-refractivity contribution in [1.29, 1.82) is 0 Å². The molecule has 1 aromatic carbocycles. The van der Waals surface area contributed by atoms with Gasteiger partial charge in [0.2, 0.25) is 0 Å². The first-order valence-electron chi connectivity index (χ1n) is 4.08. The normalized spacial score (nSPS) is 21.8. The van der Waals surface area contributed by atoms with Crippen LogP contribution in [0.4, 0.5) is 0 Å². The van der Waals surface area contributed by atoms with Crippen molar-refractivity contribution in [2.24, 2.45) is 0 Å². The minimum absolute atomic E-state index is 0.649. The van der Waals surface area contributed by atoms with E-state index in [0.29, 0.717) is 6.04 Å². The molecule has 1 aliphatic rings. The molecule has 0 aliphatic carbocycles. The number of benzene rings is 1. The molecule has 0 amide bonds. The molecule has 1 fully saturated rings. The largest absolute Gasteiger partial charge is 0.307 e. The van der Waals surface area contributed by atoms with Crippen LogP contribution in [0.1, 0.15) is 22.7 Å². The summed E-state index contributed by atoms with van der Waals surface area (Å²) in [7, 11) is 0. The molecule has 1 aliphatic heterocycles. The Morgan fingerprint density at radius 3 is 2.27 bits per heavy atom. The summed E-state index contributed by atoms with van der Waals surface area (Å²) in [5.41, 5.74) is 4.34. The molecule has 1 unspecified atom stereocenters. The highest BCUT2D eigenvalue weighted by Gasteiger charge is 2.24. The third-order valence-electron chi connectivity index (χ3n) is 2.30. The van der Waals surface area contributed by atoms with Gasteiger partial charge >= 0.3 is 0 Å². The fraction of sp³-hybridized carbons (Fsp3) is 0.400. The van der Waals surface area contributed by atoms with E-state index in [2.05, 4.69) is 37.4 Å². The molecule has 0 spiro atoms. The van der Waals surface area contributed by atoms with E-state index in [1.807, 2.05) is 0 Å².